The van der Waals surface area contributed by atoms with E-state index in [1.165, 1.54) is 63.7 Å². The normalized spacial score (nSPS) is 22.0. The molecule has 0 spiro atoms. The van der Waals surface area contributed by atoms with Crippen LogP contribution >= 0.6 is 0 Å². The van der Waals surface area contributed by atoms with Gasteiger partial charge in [0.05, 0.1) is 13.2 Å². The summed E-state index contributed by atoms with van der Waals surface area (Å²) in [7, 11) is 6.51. The number of hydrogen-bond donors (Lipinski definition) is 0. The molecule has 6 heteroatoms. The molecule has 1 aromatic heterocycles. The second-order valence-corrected chi connectivity index (χ2v) is 11.9. The molecule has 41 heavy (non-hydrogen) atoms. The Morgan fingerprint density at radius 3 is 2.59 bits per heavy atom. The highest BCUT2D eigenvalue weighted by molar-refractivity contribution is 5.52. The number of rotatable bonds is 14. The van der Waals surface area contributed by atoms with Crippen molar-refractivity contribution in [2.75, 3.05) is 60.5 Å². The fourth-order valence-corrected chi connectivity index (χ4v) is 6.13. The molecule has 6 nitrogen and oxygen atoms in total. The van der Waals surface area contributed by atoms with Gasteiger partial charge < -0.3 is 19.3 Å². The van der Waals surface area contributed by atoms with Crippen LogP contribution in [0, 0.1) is 11.8 Å². The summed E-state index contributed by atoms with van der Waals surface area (Å²) in [5.41, 5.74) is 2.56. The van der Waals surface area contributed by atoms with Gasteiger partial charge in [-0.25, -0.2) is 0 Å². The third-order valence-corrected chi connectivity index (χ3v) is 8.41. The molecule has 2 fully saturated rings. The minimum Gasteiger partial charge on any atom is -0.493 e. The summed E-state index contributed by atoms with van der Waals surface area (Å²) in [5, 5.41) is 0. The molecule has 3 atom stereocenters. The molecular weight excluding hydrogens is 508 g/mol. The van der Waals surface area contributed by atoms with E-state index in [0.717, 1.165) is 56.6 Å². The van der Waals surface area contributed by atoms with E-state index in [4.69, 9.17) is 4.74 Å². The number of allylic oxidation sites excluding steroid dienone is 3. The molecule has 0 N–H and O–H groups in total. The Hall–Kier alpha value is -2.02. The van der Waals surface area contributed by atoms with Crippen LogP contribution < -0.4 is 0 Å². The zero-order valence-electron chi connectivity index (χ0n) is 27.2. The van der Waals surface area contributed by atoms with Gasteiger partial charge in [-0.05, 0) is 128 Å². The van der Waals surface area contributed by atoms with Gasteiger partial charge in [-0.3, -0.25) is 9.88 Å². The number of fused-ring (bicyclic) bond motifs is 1. The summed E-state index contributed by atoms with van der Waals surface area (Å²) < 4.78 is 5.75. The average molecular weight is 569 g/mol. The lowest BCUT2D eigenvalue weighted by molar-refractivity contribution is -0.109. The highest BCUT2D eigenvalue weighted by Crippen LogP contribution is 2.38. The predicted octanol–water partition coefficient (Wildman–Crippen LogP) is 6.63. The van der Waals surface area contributed by atoms with Gasteiger partial charge in [-0.1, -0.05) is 39.3 Å². The predicted molar refractivity (Wildman–Crippen MR) is 173 cm³/mol. The largest absolute Gasteiger partial charge is 0.493 e. The van der Waals surface area contributed by atoms with Gasteiger partial charge in [0, 0.05) is 30.9 Å². The van der Waals surface area contributed by atoms with E-state index in [-0.39, 0.29) is 0 Å². The molecule has 1 aliphatic carbocycles. The second kappa shape index (κ2) is 20.8. The first-order chi connectivity index (χ1) is 20.0. The highest BCUT2D eigenvalue weighted by atomic mass is 16.5. The number of aldehydes is 1. The Kier molecular flexibility index (Phi) is 17.8. The number of unbranched alkanes of at least 4 members (excludes halogenated alkanes) is 2. The highest BCUT2D eigenvalue weighted by Gasteiger charge is 2.36. The topological polar surface area (TPSA) is 48.9 Å². The standard InChI is InChI=1S/C22H28N2O2.C11H26N2.C2H6/c25-12-11-24-16-19(15-21(24)8-7-20-5-1-2-10-23-20)17-4-3-6-22-18(14-17)9-13-26-22;1-5-6-10-13(4)11-8-7-9-12(2)3;1-2/h1-2,5-6,10,12,14,17,19,21H,3-4,7-9,11,13,15-16H2;5-11H2,1-4H3;1-2H3. The molecule has 3 aliphatic rings. The molecule has 232 valence electrons. The van der Waals surface area contributed by atoms with Crippen LogP contribution in [-0.4, -0.2) is 92.5 Å². The maximum atomic E-state index is 11.2. The molecule has 3 heterocycles. The molecule has 0 saturated carbocycles. The summed E-state index contributed by atoms with van der Waals surface area (Å²) in [6.45, 7) is 12.4. The third-order valence-electron chi connectivity index (χ3n) is 8.41. The minimum atomic E-state index is 0.487. The van der Waals surface area contributed by atoms with Crippen LogP contribution in [0.25, 0.3) is 0 Å². The van der Waals surface area contributed by atoms with Crippen LogP contribution in [0.3, 0.4) is 0 Å². The maximum Gasteiger partial charge on any atom is 0.133 e. The Morgan fingerprint density at radius 2 is 1.88 bits per heavy atom. The molecule has 0 bridgehead atoms. The fraction of sp³-hybridized carbons (Fsp3) is 0.714. The number of hydrogen-bond acceptors (Lipinski definition) is 6. The lowest BCUT2D eigenvalue weighted by Gasteiger charge is -2.21. The van der Waals surface area contributed by atoms with E-state index in [1.807, 2.05) is 26.1 Å². The van der Waals surface area contributed by atoms with Gasteiger partial charge in [-0.15, -0.1) is 0 Å². The average Bonchev–Trinajstić information content (AvgIpc) is 3.55. The Labute approximate surface area is 252 Å². The summed E-state index contributed by atoms with van der Waals surface area (Å²) in [6.07, 6.45) is 19.6. The lowest BCUT2D eigenvalue weighted by atomic mass is 9.85. The van der Waals surface area contributed by atoms with Crippen LogP contribution in [0.4, 0.5) is 0 Å². The molecule has 3 unspecified atom stereocenters. The summed E-state index contributed by atoms with van der Waals surface area (Å²) in [5.74, 6) is 2.38. The van der Waals surface area contributed by atoms with Crippen molar-refractivity contribution in [3.8, 4) is 0 Å². The van der Waals surface area contributed by atoms with Crippen molar-refractivity contribution < 1.29 is 9.53 Å². The van der Waals surface area contributed by atoms with E-state index in [1.54, 1.807) is 0 Å². The SMILES string of the molecule is CC.CCCCN(C)CCCCN(C)C.O=CCN1CC(C2C=C3CCOC3=CCC2)CC1CCc1ccccn1. The zero-order chi connectivity index (χ0) is 29.9. The Balaban J connectivity index is 0.000000334. The van der Waals surface area contributed by atoms with E-state index in [0.29, 0.717) is 24.4 Å². The van der Waals surface area contributed by atoms with Gasteiger partial charge in [0.1, 0.15) is 12.0 Å². The smallest absolute Gasteiger partial charge is 0.133 e. The zero-order valence-corrected chi connectivity index (χ0v) is 27.2. The minimum absolute atomic E-state index is 0.487. The monoisotopic (exact) mass is 568 g/mol. The Morgan fingerprint density at radius 1 is 1.10 bits per heavy atom. The summed E-state index contributed by atoms with van der Waals surface area (Å²) in [6, 6.07) is 6.60. The van der Waals surface area contributed by atoms with E-state index < -0.39 is 0 Å². The van der Waals surface area contributed by atoms with Crippen molar-refractivity contribution >= 4 is 6.29 Å². The number of carbonyl (C=O) groups is 1. The first-order valence-corrected chi connectivity index (χ1v) is 16.4. The Bertz CT molecular complexity index is 885. The van der Waals surface area contributed by atoms with Crippen molar-refractivity contribution in [1.82, 2.24) is 19.7 Å². The summed E-state index contributed by atoms with van der Waals surface area (Å²) >= 11 is 0. The molecule has 2 aliphatic heterocycles. The molecule has 1 aromatic rings. The third kappa shape index (κ3) is 13.2. The van der Waals surface area contributed by atoms with Crippen molar-refractivity contribution in [2.24, 2.45) is 11.8 Å². The van der Waals surface area contributed by atoms with Crippen LogP contribution in [0.15, 0.2) is 47.9 Å². The van der Waals surface area contributed by atoms with Crippen molar-refractivity contribution in [2.45, 2.75) is 91.0 Å². The number of carbonyl (C=O) groups excluding carboxylic acids is 1. The van der Waals surface area contributed by atoms with Gasteiger partial charge >= 0.3 is 0 Å². The van der Waals surface area contributed by atoms with E-state index >= 15 is 0 Å². The summed E-state index contributed by atoms with van der Waals surface area (Å²) in [4.78, 5) is 22.7. The van der Waals surface area contributed by atoms with Gasteiger partial charge in [0.25, 0.3) is 0 Å². The number of likely N-dealkylation sites (tertiary alicyclic amines) is 1. The van der Waals surface area contributed by atoms with Crippen molar-refractivity contribution in [3.05, 3.63) is 53.6 Å². The molecule has 2 saturated heterocycles. The molecule has 0 amide bonds. The molecule has 0 aromatic carbocycles. The molecule has 4 rings (SSSR count). The molecule has 0 radical (unpaired) electrons. The molecular formula is C35H60N4O2. The van der Waals surface area contributed by atoms with E-state index in [9.17, 15) is 4.79 Å². The van der Waals surface area contributed by atoms with E-state index in [2.05, 4.69) is 72.0 Å². The van der Waals surface area contributed by atoms with Crippen LogP contribution in [0.5, 0.6) is 0 Å². The van der Waals surface area contributed by atoms with Crippen LogP contribution in [-0.2, 0) is 16.0 Å². The first kappa shape index (κ1) is 35.2. The number of ether oxygens (including phenoxy) is 1. The quantitative estimate of drug-likeness (QED) is 0.185. The first-order valence-electron chi connectivity index (χ1n) is 16.4. The van der Waals surface area contributed by atoms with Crippen LogP contribution in [0.1, 0.15) is 84.3 Å². The number of aromatic nitrogens is 1. The fourth-order valence-electron chi connectivity index (χ4n) is 6.13. The number of nitrogens with zero attached hydrogens (tertiary/aromatic N) is 4. The van der Waals surface area contributed by atoms with Gasteiger partial charge in [0.15, 0.2) is 0 Å². The van der Waals surface area contributed by atoms with Crippen LogP contribution in [0.2, 0.25) is 0 Å². The lowest BCUT2D eigenvalue weighted by Crippen LogP contribution is -2.32. The number of aryl methyl sites for hydroxylation is 1. The van der Waals surface area contributed by atoms with Gasteiger partial charge in [-0.2, -0.15) is 0 Å². The van der Waals surface area contributed by atoms with Crippen molar-refractivity contribution in [3.63, 3.8) is 0 Å². The second-order valence-electron chi connectivity index (χ2n) is 11.9. The number of pyridine rings is 1. The van der Waals surface area contributed by atoms with Gasteiger partial charge in [0.2, 0.25) is 0 Å². The van der Waals surface area contributed by atoms with Crippen molar-refractivity contribution in [1.29, 1.82) is 0 Å². The maximum absolute atomic E-state index is 11.2.